The number of azo groups is 1. The molecule has 4 rings (SSSR count). The molecule has 0 spiro atoms. The number of hydrogen-bond acceptors (Lipinski definition) is 11. The van der Waals surface area contributed by atoms with Crippen LogP contribution in [0.25, 0.3) is 21.5 Å². The van der Waals surface area contributed by atoms with E-state index in [2.05, 4.69) is 18.6 Å². The lowest BCUT2D eigenvalue weighted by Crippen LogP contribution is -2.09. The number of phenols is 1. The SMILES string of the molecule is O=S(=O)(O)Oc1cc(OS(=O)(=O)O)c2c(N=Nc3ccc(S(=O)(=O)O)c4ccccc34)c(O)ccc2c1. The van der Waals surface area contributed by atoms with Crippen molar-refractivity contribution in [3.63, 3.8) is 0 Å². The first-order valence-electron chi connectivity index (χ1n) is 9.67. The van der Waals surface area contributed by atoms with Gasteiger partial charge in [0.05, 0.1) is 11.1 Å². The molecular formula is C20H14N2O12S3. The summed E-state index contributed by atoms with van der Waals surface area (Å²) in [7, 11) is -14.8. The fourth-order valence-corrected chi connectivity index (χ4v) is 4.89. The second-order valence-electron chi connectivity index (χ2n) is 7.28. The van der Waals surface area contributed by atoms with Crippen LogP contribution < -0.4 is 8.37 Å². The van der Waals surface area contributed by atoms with Gasteiger partial charge in [-0.25, -0.2) is 0 Å². The molecule has 0 unspecified atom stereocenters. The van der Waals surface area contributed by atoms with E-state index in [4.69, 9.17) is 4.55 Å². The van der Waals surface area contributed by atoms with Gasteiger partial charge in [-0.3, -0.25) is 13.7 Å². The molecule has 0 saturated heterocycles. The van der Waals surface area contributed by atoms with E-state index in [-0.39, 0.29) is 32.1 Å². The summed E-state index contributed by atoms with van der Waals surface area (Å²) in [6.45, 7) is 0. The average Bonchev–Trinajstić information content (AvgIpc) is 2.75. The van der Waals surface area contributed by atoms with E-state index < -0.39 is 53.9 Å². The van der Waals surface area contributed by atoms with Crippen LogP contribution >= 0.6 is 0 Å². The lowest BCUT2D eigenvalue weighted by Gasteiger charge is -2.12. The van der Waals surface area contributed by atoms with Crippen LogP contribution in [0, 0.1) is 0 Å². The number of hydrogen-bond donors (Lipinski definition) is 4. The third-order valence-corrected chi connectivity index (χ3v) is 6.50. The molecule has 4 aromatic rings. The van der Waals surface area contributed by atoms with E-state index in [1.54, 1.807) is 6.07 Å². The first-order valence-corrected chi connectivity index (χ1v) is 13.8. The largest absolute Gasteiger partial charge is 0.506 e. The summed E-state index contributed by atoms with van der Waals surface area (Å²) in [5, 5.41) is 18.5. The molecule has 0 atom stereocenters. The van der Waals surface area contributed by atoms with E-state index in [9.17, 15) is 39.5 Å². The highest BCUT2D eigenvalue weighted by Gasteiger charge is 2.21. The number of phenolic OH excluding ortho intramolecular Hbond substituents is 1. The maximum absolute atomic E-state index is 11.7. The van der Waals surface area contributed by atoms with Gasteiger partial charge >= 0.3 is 20.8 Å². The summed E-state index contributed by atoms with van der Waals surface area (Å²) in [5.74, 6) is -1.89. The normalized spacial score (nSPS) is 12.8. The van der Waals surface area contributed by atoms with Crippen LogP contribution in [0.5, 0.6) is 17.2 Å². The Labute approximate surface area is 209 Å². The van der Waals surface area contributed by atoms with Gasteiger partial charge in [-0.2, -0.15) is 25.3 Å². The van der Waals surface area contributed by atoms with E-state index >= 15 is 0 Å². The number of nitrogens with zero attached hydrogens (tertiary/aromatic N) is 2. The van der Waals surface area contributed by atoms with Gasteiger partial charge in [-0.05, 0) is 29.7 Å². The molecule has 0 aromatic heterocycles. The molecular weight excluding hydrogens is 556 g/mol. The van der Waals surface area contributed by atoms with Crippen LogP contribution in [0.2, 0.25) is 0 Å². The smallest absolute Gasteiger partial charge is 0.446 e. The van der Waals surface area contributed by atoms with Crippen molar-refractivity contribution in [2.45, 2.75) is 4.90 Å². The van der Waals surface area contributed by atoms with Gasteiger partial charge in [0.15, 0.2) is 5.75 Å². The molecule has 0 bridgehead atoms. The van der Waals surface area contributed by atoms with Crippen molar-refractivity contribution in [3.05, 3.63) is 60.7 Å². The van der Waals surface area contributed by atoms with Crippen molar-refractivity contribution in [3.8, 4) is 17.2 Å². The quantitative estimate of drug-likeness (QED) is 0.184. The topological polar surface area (TPSA) is 227 Å². The van der Waals surface area contributed by atoms with Crippen molar-refractivity contribution in [1.82, 2.24) is 0 Å². The summed E-state index contributed by atoms with van der Waals surface area (Å²) in [5.41, 5.74) is -0.305. The Bertz CT molecular complexity index is 1920. The first kappa shape index (κ1) is 26.2. The van der Waals surface area contributed by atoms with Gasteiger partial charge in [0.25, 0.3) is 10.1 Å². The van der Waals surface area contributed by atoms with E-state index in [1.807, 2.05) is 0 Å². The fraction of sp³-hybridized carbons (Fsp3) is 0. The zero-order chi connectivity index (χ0) is 27.2. The van der Waals surface area contributed by atoms with Crippen LogP contribution in [0.3, 0.4) is 0 Å². The van der Waals surface area contributed by atoms with Crippen LogP contribution in [0.15, 0.2) is 75.8 Å². The number of rotatable bonds is 7. The van der Waals surface area contributed by atoms with Crippen molar-refractivity contribution in [2.24, 2.45) is 10.2 Å². The molecule has 0 fully saturated rings. The highest BCUT2D eigenvalue weighted by atomic mass is 32.3. The second-order valence-corrected chi connectivity index (χ2v) is 10.7. The zero-order valence-corrected chi connectivity index (χ0v) is 20.4. The standard InChI is InChI=1S/C20H14N2O12S3/c23-16-7-5-11-9-12(33-36(27,28)29)10-17(34-37(30,31)32)19(11)20(16)22-21-15-6-8-18(35(24,25)26)14-4-2-1-3-13(14)15/h1-10,23H,(H,24,25,26)(H,27,28,29)(H,30,31,32). The minimum Gasteiger partial charge on any atom is -0.506 e. The van der Waals surface area contributed by atoms with Crippen molar-refractivity contribution < 1.29 is 52.4 Å². The number of fused-ring (bicyclic) bond motifs is 2. The Morgan fingerprint density at radius 3 is 1.97 bits per heavy atom. The van der Waals surface area contributed by atoms with Crippen LogP contribution in [0.1, 0.15) is 0 Å². The van der Waals surface area contributed by atoms with Gasteiger partial charge < -0.3 is 13.5 Å². The molecule has 17 heteroatoms. The second kappa shape index (κ2) is 9.21. The zero-order valence-electron chi connectivity index (χ0n) is 17.9. The van der Waals surface area contributed by atoms with Crippen LogP contribution in [-0.2, 0) is 30.9 Å². The molecule has 0 aliphatic carbocycles. The highest BCUT2D eigenvalue weighted by molar-refractivity contribution is 7.86. The van der Waals surface area contributed by atoms with Gasteiger partial charge in [0.1, 0.15) is 22.1 Å². The predicted molar refractivity (Wildman–Crippen MR) is 128 cm³/mol. The fourth-order valence-electron chi connectivity index (χ4n) is 3.49. The minimum absolute atomic E-state index is 0.0156. The van der Waals surface area contributed by atoms with Crippen molar-refractivity contribution in [2.75, 3.05) is 0 Å². The molecule has 4 aromatic carbocycles. The van der Waals surface area contributed by atoms with E-state index in [0.29, 0.717) is 6.07 Å². The third-order valence-electron chi connectivity index (χ3n) is 4.80. The lowest BCUT2D eigenvalue weighted by molar-refractivity contribution is 0.383. The minimum atomic E-state index is -5.18. The Morgan fingerprint density at radius 1 is 0.703 bits per heavy atom. The molecule has 0 amide bonds. The number of benzene rings is 4. The van der Waals surface area contributed by atoms with Gasteiger partial charge in [0, 0.05) is 16.8 Å². The van der Waals surface area contributed by atoms with Crippen molar-refractivity contribution in [1.29, 1.82) is 0 Å². The Kier molecular flexibility index (Phi) is 6.52. The van der Waals surface area contributed by atoms with Crippen LogP contribution in [-0.4, -0.2) is 44.0 Å². The Morgan fingerprint density at radius 2 is 1.35 bits per heavy atom. The van der Waals surface area contributed by atoms with Crippen LogP contribution in [0.4, 0.5) is 11.4 Å². The average molecular weight is 571 g/mol. The highest BCUT2D eigenvalue weighted by Crippen LogP contribution is 2.44. The van der Waals surface area contributed by atoms with Gasteiger partial charge in [-0.1, -0.05) is 30.3 Å². The summed E-state index contributed by atoms with van der Waals surface area (Å²) >= 11 is 0. The van der Waals surface area contributed by atoms with E-state index in [0.717, 1.165) is 18.2 Å². The van der Waals surface area contributed by atoms with Gasteiger partial charge in [0.2, 0.25) is 0 Å². The maximum Gasteiger partial charge on any atom is 0.446 e. The summed E-state index contributed by atoms with van der Waals surface area (Å²) in [4.78, 5) is -0.384. The summed E-state index contributed by atoms with van der Waals surface area (Å²) in [6, 6.07) is 12.4. The summed E-state index contributed by atoms with van der Waals surface area (Å²) < 4.78 is 105. The van der Waals surface area contributed by atoms with Crippen molar-refractivity contribution >= 4 is 63.8 Å². The molecule has 37 heavy (non-hydrogen) atoms. The Balaban J connectivity index is 1.95. The molecule has 0 radical (unpaired) electrons. The van der Waals surface area contributed by atoms with Gasteiger partial charge in [-0.15, -0.1) is 10.2 Å². The predicted octanol–water partition coefficient (Wildman–Crippen LogP) is 3.72. The molecule has 194 valence electrons. The van der Waals surface area contributed by atoms with E-state index in [1.165, 1.54) is 30.3 Å². The molecule has 0 aliphatic heterocycles. The molecule has 0 saturated carbocycles. The first-order chi connectivity index (χ1) is 17.1. The Hall–Kier alpha value is -3.87. The number of aromatic hydroxyl groups is 1. The molecule has 0 heterocycles. The maximum atomic E-state index is 11.7. The summed E-state index contributed by atoms with van der Waals surface area (Å²) in [6.07, 6.45) is 0. The third kappa shape index (κ3) is 5.93. The lowest BCUT2D eigenvalue weighted by atomic mass is 10.1. The molecule has 14 nitrogen and oxygen atoms in total. The monoisotopic (exact) mass is 570 g/mol. The molecule has 4 N–H and O–H groups in total. The molecule has 0 aliphatic rings.